The fourth-order valence-electron chi connectivity index (χ4n) is 1.80. The molecule has 1 aliphatic heterocycles. The van der Waals surface area contributed by atoms with Gasteiger partial charge in [-0.1, -0.05) is 0 Å². The summed E-state index contributed by atoms with van der Waals surface area (Å²) in [4.78, 5) is 17.2. The molecule has 2 N–H and O–H groups in total. The van der Waals surface area contributed by atoms with Gasteiger partial charge in [-0.25, -0.2) is 9.37 Å². The van der Waals surface area contributed by atoms with Crippen molar-refractivity contribution in [1.82, 2.24) is 9.88 Å². The molecule has 1 unspecified atom stereocenters. The molecule has 92 valence electrons. The summed E-state index contributed by atoms with van der Waals surface area (Å²) < 4.78 is 19.0. The molecule has 17 heavy (non-hydrogen) atoms. The number of carbonyl (C=O) groups is 1. The van der Waals surface area contributed by atoms with Crippen LogP contribution in [-0.4, -0.2) is 41.6 Å². The molecule has 1 aromatic rings. The first kappa shape index (κ1) is 11.8. The smallest absolute Gasteiger partial charge is 0.257 e. The fraction of sp³-hybridized carbons (Fsp3) is 0.455. The second-order valence-electron chi connectivity index (χ2n) is 3.99. The van der Waals surface area contributed by atoms with Crippen molar-refractivity contribution in [2.75, 3.05) is 25.4 Å². The number of rotatable bonds is 1. The highest BCUT2D eigenvalue weighted by molar-refractivity contribution is 5.95. The van der Waals surface area contributed by atoms with Crippen LogP contribution in [0.1, 0.15) is 17.3 Å². The third-order valence-corrected chi connectivity index (χ3v) is 2.67. The number of aromatic nitrogens is 1. The molecule has 1 amide bonds. The van der Waals surface area contributed by atoms with Gasteiger partial charge >= 0.3 is 0 Å². The highest BCUT2D eigenvalue weighted by Gasteiger charge is 2.25. The largest absolute Gasteiger partial charge is 0.381 e. The highest BCUT2D eigenvalue weighted by atomic mass is 19.1. The van der Waals surface area contributed by atoms with E-state index in [9.17, 15) is 9.18 Å². The number of nitrogens with two attached hydrogens (primary N) is 1. The van der Waals surface area contributed by atoms with E-state index in [0.717, 1.165) is 0 Å². The molecule has 6 heteroatoms. The van der Waals surface area contributed by atoms with Crippen molar-refractivity contribution in [1.29, 1.82) is 0 Å². The minimum Gasteiger partial charge on any atom is -0.381 e. The SMILES string of the molecule is CC1CN(C(=O)c2ccnc(N)c2F)CCO1. The number of morpholine rings is 1. The Kier molecular flexibility index (Phi) is 3.23. The fourth-order valence-corrected chi connectivity index (χ4v) is 1.80. The van der Waals surface area contributed by atoms with Gasteiger partial charge in [-0.3, -0.25) is 4.79 Å². The van der Waals surface area contributed by atoms with Crippen LogP contribution < -0.4 is 5.73 Å². The first-order chi connectivity index (χ1) is 8.09. The van der Waals surface area contributed by atoms with Crippen molar-refractivity contribution in [2.24, 2.45) is 0 Å². The second-order valence-corrected chi connectivity index (χ2v) is 3.99. The number of nitrogens with zero attached hydrogens (tertiary/aromatic N) is 2. The van der Waals surface area contributed by atoms with Crippen LogP contribution in [0.2, 0.25) is 0 Å². The van der Waals surface area contributed by atoms with Crippen molar-refractivity contribution in [3.8, 4) is 0 Å². The van der Waals surface area contributed by atoms with Crippen LogP contribution >= 0.6 is 0 Å². The van der Waals surface area contributed by atoms with Gasteiger partial charge in [-0.05, 0) is 13.0 Å². The molecule has 2 heterocycles. The summed E-state index contributed by atoms with van der Waals surface area (Å²) in [6, 6.07) is 1.34. The zero-order valence-corrected chi connectivity index (χ0v) is 9.52. The average Bonchev–Trinajstić information content (AvgIpc) is 2.32. The van der Waals surface area contributed by atoms with Crippen LogP contribution in [0, 0.1) is 5.82 Å². The molecular weight excluding hydrogens is 225 g/mol. The van der Waals surface area contributed by atoms with Crippen molar-refractivity contribution in [3.05, 3.63) is 23.6 Å². The first-order valence-electron chi connectivity index (χ1n) is 5.40. The maximum absolute atomic E-state index is 13.6. The topological polar surface area (TPSA) is 68.5 Å². The number of amides is 1. The monoisotopic (exact) mass is 239 g/mol. The Bertz CT molecular complexity index is 439. The number of nitrogen functional groups attached to an aromatic ring is 1. The number of hydrogen-bond donors (Lipinski definition) is 1. The van der Waals surface area contributed by atoms with Gasteiger partial charge in [-0.15, -0.1) is 0 Å². The average molecular weight is 239 g/mol. The summed E-state index contributed by atoms with van der Waals surface area (Å²) in [6.45, 7) is 3.26. The molecular formula is C11H14FN3O2. The number of pyridine rings is 1. The standard InChI is InChI=1S/C11H14FN3O2/c1-7-6-15(4-5-17-7)11(16)8-2-3-14-10(13)9(8)12/h2-3,7H,4-6H2,1H3,(H2,13,14). The van der Waals surface area contributed by atoms with Crippen LogP contribution in [0.3, 0.4) is 0 Å². The van der Waals surface area contributed by atoms with E-state index >= 15 is 0 Å². The Morgan fingerprint density at radius 2 is 2.47 bits per heavy atom. The van der Waals surface area contributed by atoms with E-state index in [1.54, 1.807) is 4.90 Å². The second kappa shape index (κ2) is 4.67. The van der Waals surface area contributed by atoms with Gasteiger partial charge in [0.25, 0.3) is 5.91 Å². The lowest BCUT2D eigenvalue weighted by molar-refractivity contribution is -0.0125. The zero-order valence-electron chi connectivity index (χ0n) is 9.52. The molecule has 0 bridgehead atoms. The molecule has 0 aromatic carbocycles. The van der Waals surface area contributed by atoms with Gasteiger partial charge in [0.05, 0.1) is 18.3 Å². The summed E-state index contributed by atoms with van der Waals surface area (Å²) in [6.07, 6.45) is 1.30. The lowest BCUT2D eigenvalue weighted by atomic mass is 10.2. The maximum atomic E-state index is 13.6. The number of anilines is 1. The molecule has 1 saturated heterocycles. The van der Waals surface area contributed by atoms with E-state index in [4.69, 9.17) is 10.5 Å². The molecule has 0 radical (unpaired) electrons. The van der Waals surface area contributed by atoms with Crippen molar-refractivity contribution >= 4 is 11.7 Å². The van der Waals surface area contributed by atoms with Crippen molar-refractivity contribution in [3.63, 3.8) is 0 Å². The van der Waals surface area contributed by atoms with Crippen LogP contribution in [-0.2, 0) is 4.74 Å². The number of ether oxygens (including phenoxy) is 1. The highest BCUT2D eigenvalue weighted by Crippen LogP contribution is 2.16. The van der Waals surface area contributed by atoms with E-state index in [-0.39, 0.29) is 23.4 Å². The van der Waals surface area contributed by atoms with E-state index in [0.29, 0.717) is 19.7 Å². The van der Waals surface area contributed by atoms with Gasteiger partial charge in [0.1, 0.15) is 0 Å². The quantitative estimate of drug-likeness (QED) is 0.781. The van der Waals surface area contributed by atoms with E-state index < -0.39 is 5.82 Å². The van der Waals surface area contributed by atoms with Crippen molar-refractivity contribution < 1.29 is 13.9 Å². The van der Waals surface area contributed by atoms with Gasteiger partial charge in [0, 0.05) is 19.3 Å². The lowest BCUT2D eigenvalue weighted by Gasteiger charge is -2.31. The number of carbonyl (C=O) groups excluding carboxylic acids is 1. The van der Waals surface area contributed by atoms with Crippen molar-refractivity contribution in [2.45, 2.75) is 13.0 Å². The summed E-state index contributed by atoms with van der Waals surface area (Å²) in [5.74, 6) is -1.37. The molecule has 0 saturated carbocycles. The third kappa shape index (κ3) is 2.36. The number of halogens is 1. The lowest BCUT2D eigenvalue weighted by Crippen LogP contribution is -2.44. The predicted molar refractivity (Wildman–Crippen MR) is 59.9 cm³/mol. The summed E-state index contributed by atoms with van der Waals surface area (Å²) in [5.41, 5.74) is 5.30. The van der Waals surface area contributed by atoms with Crippen LogP contribution in [0.25, 0.3) is 0 Å². The van der Waals surface area contributed by atoms with Gasteiger partial charge in [-0.2, -0.15) is 0 Å². The van der Waals surface area contributed by atoms with Crippen LogP contribution in [0.15, 0.2) is 12.3 Å². The van der Waals surface area contributed by atoms with Gasteiger partial charge in [0.2, 0.25) is 0 Å². The van der Waals surface area contributed by atoms with Crippen LogP contribution in [0.4, 0.5) is 10.2 Å². The molecule has 1 aliphatic rings. The maximum Gasteiger partial charge on any atom is 0.257 e. The Balaban J connectivity index is 2.22. The first-order valence-corrected chi connectivity index (χ1v) is 5.40. The Labute approximate surface area is 98.4 Å². The van der Waals surface area contributed by atoms with E-state index in [2.05, 4.69) is 4.98 Å². The minimum absolute atomic E-state index is 0.0325. The molecule has 5 nitrogen and oxygen atoms in total. The Morgan fingerprint density at radius 1 is 1.71 bits per heavy atom. The normalized spacial score (nSPS) is 20.4. The molecule has 1 aromatic heterocycles. The molecule has 0 spiro atoms. The predicted octanol–water partition coefficient (Wildman–Crippen LogP) is 0.664. The van der Waals surface area contributed by atoms with Gasteiger partial charge in [0.15, 0.2) is 11.6 Å². The number of hydrogen-bond acceptors (Lipinski definition) is 4. The third-order valence-electron chi connectivity index (χ3n) is 2.67. The van der Waals surface area contributed by atoms with E-state index in [1.807, 2.05) is 6.92 Å². The molecule has 2 rings (SSSR count). The Morgan fingerprint density at radius 3 is 3.18 bits per heavy atom. The molecule has 0 aliphatic carbocycles. The molecule has 1 atom stereocenters. The zero-order chi connectivity index (χ0) is 12.4. The Hall–Kier alpha value is -1.69. The summed E-state index contributed by atoms with van der Waals surface area (Å²) >= 11 is 0. The van der Waals surface area contributed by atoms with Crippen LogP contribution in [0.5, 0.6) is 0 Å². The van der Waals surface area contributed by atoms with E-state index in [1.165, 1.54) is 12.3 Å². The summed E-state index contributed by atoms with van der Waals surface area (Å²) in [5, 5.41) is 0. The molecule has 1 fully saturated rings. The summed E-state index contributed by atoms with van der Waals surface area (Å²) in [7, 11) is 0. The minimum atomic E-state index is -0.753. The van der Waals surface area contributed by atoms with Gasteiger partial charge < -0.3 is 15.4 Å².